The molecule has 1 atom stereocenters. The van der Waals surface area contributed by atoms with Crippen molar-refractivity contribution in [1.82, 2.24) is 5.32 Å². The molecule has 0 unspecified atom stereocenters. The van der Waals surface area contributed by atoms with E-state index in [4.69, 9.17) is 0 Å². The predicted octanol–water partition coefficient (Wildman–Crippen LogP) is 3.50. The second-order valence-corrected chi connectivity index (χ2v) is 7.95. The first-order chi connectivity index (χ1) is 12.0. The molecule has 0 saturated carbocycles. The molecule has 1 aliphatic rings. The zero-order valence-electron chi connectivity index (χ0n) is 14.5. The van der Waals surface area contributed by atoms with Gasteiger partial charge in [0.2, 0.25) is 0 Å². The maximum Gasteiger partial charge on any atom is 0.0896 e. The van der Waals surface area contributed by atoms with Gasteiger partial charge >= 0.3 is 0 Å². The maximum absolute atomic E-state index is 11.0. The molecule has 25 heavy (non-hydrogen) atoms. The molecule has 0 aromatic heterocycles. The highest BCUT2D eigenvalue weighted by molar-refractivity contribution is 8.27. The van der Waals surface area contributed by atoms with Gasteiger partial charge < -0.3 is 10.4 Å². The van der Waals surface area contributed by atoms with Crippen molar-refractivity contribution in [2.24, 2.45) is 0 Å². The van der Waals surface area contributed by atoms with Crippen molar-refractivity contribution in [2.45, 2.75) is 19.4 Å². The Labute approximate surface area is 150 Å². The molecule has 0 bridgehead atoms. The molecule has 0 fully saturated rings. The van der Waals surface area contributed by atoms with Crippen molar-refractivity contribution >= 4 is 28.0 Å². The summed E-state index contributed by atoms with van der Waals surface area (Å²) in [5.74, 6) is 0. The molecule has 0 aliphatic carbocycles. The monoisotopic (exact) mass is 363 g/mol. The van der Waals surface area contributed by atoms with E-state index in [1.807, 2.05) is 55.5 Å². The van der Waals surface area contributed by atoms with Gasteiger partial charge in [-0.2, -0.15) is 0 Å². The van der Waals surface area contributed by atoms with Gasteiger partial charge in [0.15, 0.2) is 0 Å². The van der Waals surface area contributed by atoms with Gasteiger partial charge in [0.25, 0.3) is 0 Å². The van der Waals surface area contributed by atoms with Crippen molar-refractivity contribution in [3.05, 3.63) is 54.1 Å². The van der Waals surface area contributed by atoms with Crippen LogP contribution in [0.25, 0.3) is 0 Å². The smallest absolute Gasteiger partial charge is 0.0896 e. The summed E-state index contributed by atoms with van der Waals surface area (Å²) >= 11 is 0. The quantitative estimate of drug-likeness (QED) is 0.629. The molecule has 0 radical (unpaired) electrons. The molecule has 2 aromatic carbocycles. The Kier molecular flexibility index (Phi) is 5.21. The molecule has 3 rings (SSSR count). The Balaban J connectivity index is 1.97. The number of anilines is 3. The van der Waals surface area contributed by atoms with Crippen LogP contribution in [0.3, 0.4) is 0 Å². The van der Waals surface area contributed by atoms with Gasteiger partial charge in [-0.1, -0.05) is 30.3 Å². The number of benzene rings is 2. The summed E-state index contributed by atoms with van der Waals surface area (Å²) in [5, 5.41) is 12.9. The molecule has 1 aliphatic heterocycles. The fraction of sp³-hybridized carbons (Fsp3) is 0.333. The first-order valence-electron chi connectivity index (χ1n) is 8.30. The molecule has 0 amide bonds. The number of rotatable bonds is 6. The molecule has 0 spiro atoms. The van der Waals surface area contributed by atoms with Crippen LogP contribution in [0.5, 0.6) is 0 Å². The predicted molar refractivity (Wildman–Crippen MR) is 105 cm³/mol. The molecule has 1 heterocycles. The van der Waals surface area contributed by atoms with Gasteiger partial charge in [-0.15, -0.1) is 0 Å². The number of nitrogens with zero attached hydrogens (tertiary/aromatic N) is 2. The fourth-order valence-corrected chi connectivity index (χ4v) is 4.96. The number of likely N-dealkylation sites (N-methyl/N-ethyl adjacent to an activating group) is 1. The highest BCUT2D eigenvalue weighted by Crippen LogP contribution is 2.64. The van der Waals surface area contributed by atoms with Gasteiger partial charge in [-0.3, -0.25) is 13.4 Å². The number of hydrogen-bond donors (Lipinski definition) is 4. The Bertz CT molecular complexity index is 741. The van der Waals surface area contributed by atoms with Gasteiger partial charge in [-0.25, -0.2) is 4.31 Å². The summed E-state index contributed by atoms with van der Waals surface area (Å²) in [6.07, 6.45) is -0.105. The summed E-state index contributed by atoms with van der Waals surface area (Å²) in [6, 6.07) is 15.2. The molecular formula is C18H25N3O3S. The largest absolute Gasteiger partial charge is 0.392 e. The van der Waals surface area contributed by atoms with Crippen LogP contribution in [-0.4, -0.2) is 40.5 Å². The molecule has 4 N–H and O–H groups in total. The van der Waals surface area contributed by atoms with Crippen LogP contribution in [0.1, 0.15) is 12.0 Å². The number of para-hydroxylation sites is 3. The van der Waals surface area contributed by atoms with Gasteiger partial charge in [0, 0.05) is 13.1 Å². The first-order valence-corrected chi connectivity index (χ1v) is 9.76. The average Bonchev–Trinajstić information content (AvgIpc) is 2.80. The van der Waals surface area contributed by atoms with E-state index < -0.39 is 17.1 Å². The normalized spacial score (nSPS) is 18.1. The Morgan fingerprint density at radius 2 is 1.60 bits per heavy atom. The second-order valence-electron chi connectivity index (χ2n) is 6.16. The molecule has 0 saturated heterocycles. The van der Waals surface area contributed by atoms with Crippen molar-refractivity contribution in [1.29, 1.82) is 0 Å². The van der Waals surface area contributed by atoms with Crippen LogP contribution in [0.4, 0.5) is 17.1 Å². The third-order valence-electron chi connectivity index (χ3n) is 4.35. The van der Waals surface area contributed by atoms with Crippen molar-refractivity contribution in [2.75, 3.05) is 28.7 Å². The lowest BCUT2D eigenvalue weighted by Gasteiger charge is -2.44. The zero-order valence-corrected chi connectivity index (χ0v) is 15.3. The topological polar surface area (TPSA) is 79.2 Å². The van der Waals surface area contributed by atoms with E-state index in [1.165, 1.54) is 0 Å². The standard InChI is InChI=1S/C18H25N3O3S/c1-14-7-3-4-8-16(14)21-18-10-6-5-9-17(18)20(25(21,23)24)12-11-15(22)13-19-2/h3-10,15,19,22-24H,11-13H2,1-2H3/t15-/m1/s1. The van der Waals surface area contributed by atoms with Gasteiger partial charge in [0.1, 0.15) is 0 Å². The van der Waals surface area contributed by atoms with Gasteiger partial charge in [-0.05, 0) is 55.1 Å². The Morgan fingerprint density at radius 1 is 1.00 bits per heavy atom. The van der Waals surface area contributed by atoms with Crippen molar-refractivity contribution in [3.8, 4) is 0 Å². The number of fused-ring (bicyclic) bond motifs is 1. The zero-order chi connectivity index (χ0) is 18.0. The van der Waals surface area contributed by atoms with Crippen molar-refractivity contribution in [3.63, 3.8) is 0 Å². The second kappa shape index (κ2) is 7.23. The molecule has 2 aromatic rings. The van der Waals surface area contributed by atoms with E-state index in [0.29, 0.717) is 19.5 Å². The number of aliphatic hydroxyl groups is 1. The van der Waals surface area contributed by atoms with E-state index in [0.717, 1.165) is 22.6 Å². The number of aliphatic hydroxyl groups excluding tert-OH is 1. The summed E-state index contributed by atoms with van der Waals surface area (Å²) in [6.45, 7) is 2.77. The van der Waals surface area contributed by atoms with Crippen molar-refractivity contribution < 1.29 is 14.2 Å². The Hall–Kier alpha value is -1.77. The maximum atomic E-state index is 11.0. The van der Waals surface area contributed by atoms with Crippen LogP contribution in [0.2, 0.25) is 0 Å². The third-order valence-corrected chi connectivity index (χ3v) is 6.20. The minimum atomic E-state index is -3.24. The first kappa shape index (κ1) is 18.0. The summed E-state index contributed by atoms with van der Waals surface area (Å²) in [5.41, 5.74) is 3.27. The lowest BCUT2D eigenvalue weighted by atomic mass is 10.2. The van der Waals surface area contributed by atoms with Gasteiger partial charge in [0.05, 0.1) is 23.2 Å². The van der Waals surface area contributed by atoms with E-state index >= 15 is 0 Å². The highest BCUT2D eigenvalue weighted by atomic mass is 32.3. The minimum Gasteiger partial charge on any atom is -0.392 e. The summed E-state index contributed by atoms with van der Waals surface area (Å²) in [4.78, 5) is 0. The molecule has 136 valence electrons. The molecular weight excluding hydrogens is 338 g/mol. The number of hydrogen-bond acceptors (Lipinski definition) is 6. The van der Waals surface area contributed by atoms with Crippen LogP contribution < -0.4 is 13.9 Å². The number of aryl methyl sites for hydroxylation is 1. The van der Waals surface area contributed by atoms with E-state index in [1.54, 1.807) is 15.7 Å². The SMILES string of the molecule is CNC[C@H](O)CCN1c2ccccc2N(c2ccccc2C)S1(O)O. The highest BCUT2D eigenvalue weighted by Gasteiger charge is 2.41. The molecule has 7 heteroatoms. The summed E-state index contributed by atoms with van der Waals surface area (Å²) in [7, 11) is -1.46. The van der Waals surface area contributed by atoms with Crippen LogP contribution >= 0.6 is 11.0 Å². The van der Waals surface area contributed by atoms with Crippen LogP contribution in [0, 0.1) is 6.92 Å². The van der Waals surface area contributed by atoms with E-state index in [-0.39, 0.29) is 0 Å². The lowest BCUT2D eigenvalue weighted by Crippen LogP contribution is -2.35. The van der Waals surface area contributed by atoms with E-state index in [9.17, 15) is 14.2 Å². The third kappa shape index (κ3) is 3.33. The van der Waals surface area contributed by atoms with E-state index in [2.05, 4.69) is 5.32 Å². The summed E-state index contributed by atoms with van der Waals surface area (Å²) < 4.78 is 25.3. The average molecular weight is 363 g/mol. The molecule has 6 nitrogen and oxygen atoms in total. The van der Waals surface area contributed by atoms with Crippen LogP contribution in [-0.2, 0) is 0 Å². The lowest BCUT2D eigenvalue weighted by molar-refractivity contribution is 0.167. The number of nitrogens with one attached hydrogen (secondary N) is 1. The van der Waals surface area contributed by atoms with Crippen LogP contribution in [0.15, 0.2) is 48.5 Å². The minimum absolute atomic E-state index is 0.352. The fourth-order valence-electron chi connectivity index (χ4n) is 3.11. The Morgan fingerprint density at radius 3 is 2.24 bits per heavy atom.